The highest BCUT2D eigenvalue weighted by atomic mass is 32.2. The van der Waals surface area contributed by atoms with Gasteiger partial charge < -0.3 is 5.32 Å². The van der Waals surface area contributed by atoms with Crippen molar-refractivity contribution in [3.05, 3.63) is 41.7 Å². The number of nitrogens with one attached hydrogen (secondary N) is 2. The van der Waals surface area contributed by atoms with Gasteiger partial charge in [0.15, 0.2) is 5.16 Å². The van der Waals surface area contributed by atoms with E-state index in [-0.39, 0.29) is 11.9 Å². The van der Waals surface area contributed by atoms with Gasteiger partial charge in [-0.1, -0.05) is 41.6 Å². The molecule has 1 fully saturated rings. The fraction of sp³-hybridized carbons (Fsp3) is 0.438. The van der Waals surface area contributed by atoms with Crippen molar-refractivity contribution in [2.75, 3.05) is 5.75 Å². The highest BCUT2D eigenvalue weighted by molar-refractivity contribution is 7.99. The molecule has 116 valence electrons. The highest BCUT2D eigenvalue weighted by Gasteiger charge is 2.42. The first-order chi connectivity index (χ1) is 10.6. The van der Waals surface area contributed by atoms with Crippen molar-refractivity contribution >= 4 is 17.7 Å². The van der Waals surface area contributed by atoms with Gasteiger partial charge in [-0.25, -0.2) is 4.98 Å². The van der Waals surface area contributed by atoms with Gasteiger partial charge >= 0.3 is 0 Å². The van der Waals surface area contributed by atoms with Gasteiger partial charge in [0.2, 0.25) is 5.91 Å². The van der Waals surface area contributed by atoms with Crippen molar-refractivity contribution in [1.82, 2.24) is 20.5 Å². The number of hydrogen-bond donors (Lipinski definition) is 2. The number of benzene rings is 1. The number of carbonyl (C=O) groups excluding carboxylic acids is 1. The van der Waals surface area contributed by atoms with Crippen LogP contribution in [0, 0.1) is 12.8 Å². The van der Waals surface area contributed by atoms with Crippen LogP contribution < -0.4 is 5.32 Å². The monoisotopic (exact) mass is 316 g/mol. The summed E-state index contributed by atoms with van der Waals surface area (Å²) in [4.78, 5) is 16.0. The summed E-state index contributed by atoms with van der Waals surface area (Å²) in [6.45, 7) is 4.21. The summed E-state index contributed by atoms with van der Waals surface area (Å²) in [5.41, 5.74) is 2.69. The molecule has 1 heterocycles. The van der Waals surface area contributed by atoms with Crippen LogP contribution in [0.15, 0.2) is 35.7 Å². The standard InChI is InChI=1S/C16H20N4OS/c1-10-4-3-5-12(6-10)14-7-13(14)11(2)19-15(21)8-22-16-17-9-18-20-16/h3-6,9,11,13-14H,7-8H2,1-2H3,(H,19,21)(H,17,18,20). The first-order valence-electron chi connectivity index (χ1n) is 7.47. The van der Waals surface area contributed by atoms with Crippen LogP contribution >= 0.6 is 11.8 Å². The van der Waals surface area contributed by atoms with E-state index in [0.29, 0.717) is 22.7 Å². The number of hydrogen-bond acceptors (Lipinski definition) is 4. The summed E-state index contributed by atoms with van der Waals surface area (Å²) in [5.74, 6) is 1.53. The minimum atomic E-state index is 0.0452. The molecule has 0 bridgehead atoms. The number of rotatable bonds is 6. The Morgan fingerprint density at radius 3 is 3.14 bits per heavy atom. The number of H-pyrrole nitrogens is 1. The number of aromatic amines is 1. The van der Waals surface area contributed by atoms with Crippen molar-refractivity contribution in [1.29, 1.82) is 0 Å². The molecule has 3 rings (SSSR count). The summed E-state index contributed by atoms with van der Waals surface area (Å²) >= 11 is 1.37. The van der Waals surface area contributed by atoms with Gasteiger partial charge in [0.05, 0.1) is 5.75 Å². The lowest BCUT2D eigenvalue weighted by Crippen LogP contribution is -2.35. The van der Waals surface area contributed by atoms with Gasteiger partial charge in [0, 0.05) is 6.04 Å². The second-order valence-corrected chi connectivity index (χ2v) is 6.82. The Morgan fingerprint density at radius 2 is 2.41 bits per heavy atom. The lowest BCUT2D eigenvalue weighted by Gasteiger charge is -2.13. The number of carbonyl (C=O) groups is 1. The molecule has 2 aromatic rings. The smallest absolute Gasteiger partial charge is 0.230 e. The lowest BCUT2D eigenvalue weighted by molar-refractivity contribution is -0.119. The Labute approximate surface area is 134 Å². The quantitative estimate of drug-likeness (QED) is 0.803. The zero-order chi connectivity index (χ0) is 15.5. The minimum absolute atomic E-state index is 0.0452. The average molecular weight is 316 g/mol. The number of aryl methyl sites for hydroxylation is 1. The summed E-state index contributed by atoms with van der Waals surface area (Å²) in [5, 5.41) is 10.3. The Hall–Kier alpha value is -1.82. The molecule has 6 heteroatoms. The van der Waals surface area contributed by atoms with Gasteiger partial charge in [-0.2, -0.15) is 5.10 Å². The van der Waals surface area contributed by atoms with Crippen molar-refractivity contribution in [2.45, 2.75) is 37.4 Å². The fourth-order valence-electron chi connectivity index (χ4n) is 2.85. The average Bonchev–Trinajstić information content (AvgIpc) is 3.13. The molecule has 1 amide bonds. The van der Waals surface area contributed by atoms with Crippen LogP contribution in [0.4, 0.5) is 0 Å². The maximum Gasteiger partial charge on any atom is 0.230 e. The van der Waals surface area contributed by atoms with E-state index in [1.54, 1.807) is 0 Å². The third-order valence-electron chi connectivity index (χ3n) is 4.07. The number of nitrogens with zero attached hydrogens (tertiary/aromatic N) is 2. The second kappa shape index (κ2) is 6.52. The third kappa shape index (κ3) is 3.68. The first kappa shape index (κ1) is 15.1. The van der Waals surface area contributed by atoms with Gasteiger partial charge in [0.1, 0.15) is 6.33 Å². The SMILES string of the molecule is Cc1cccc(C2CC2C(C)NC(=O)CSc2ncn[nH]2)c1. The molecule has 1 saturated carbocycles. The number of aromatic nitrogens is 3. The Bertz CT molecular complexity index is 643. The van der Waals surface area contributed by atoms with Crippen LogP contribution in [0.3, 0.4) is 0 Å². The first-order valence-corrected chi connectivity index (χ1v) is 8.46. The van der Waals surface area contributed by atoms with Crippen LogP contribution in [0.1, 0.15) is 30.4 Å². The van der Waals surface area contributed by atoms with Crippen LogP contribution in [-0.4, -0.2) is 32.9 Å². The van der Waals surface area contributed by atoms with E-state index in [1.165, 1.54) is 29.2 Å². The molecule has 1 aromatic heterocycles. The van der Waals surface area contributed by atoms with Crippen molar-refractivity contribution in [3.8, 4) is 0 Å². The molecule has 1 aliphatic rings. The predicted octanol–water partition coefficient (Wildman–Crippen LogP) is 2.51. The number of thioether (sulfide) groups is 1. The predicted molar refractivity (Wildman–Crippen MR) is 86.7 cm³/mol. The topological polar surface area (TPSA) is 70.7 Å². The zero-order valence-corrected chi connectivity index (χ0v) is 13.6. The molecule has 3 unspecified atom stereocenters. The van der Waals surface area contributed by atoms with Crippen LogP contribution in [0.2, 0.25) is 0 Å². The maximum atomic E-state index is 12.0. The largest absolute Gasteiger partial charge is 0.353 e. The Kier molecular flexibility index (Phi) is 4.47. The molecule has 3 atom stereocenters. The molecule has 0 saturated heterocycles. The van der Waals surface area contributed by atoms with Gasteiger partial charge in [-0.3, -0.25) is 9.89 Å². The summed E-state index contributed by atoms with van der Waals surface area (Å²) in [6.07, 6.45) is 2.60. The molecular formula is C16H20N4OS. The van der Waals surface area contributed by atoms with E-state index in [9.17, 15) is 4.79 Å². The minimum Gasteiger partial charge on any atom is -0.353 e. The lowest BCUT2D eigenvalue weighted by atomic mass is 10.0. The van der Waals surface area contributed by atoms with Gasteiger partial charge in [0.25, 0.3) is 0 Å². The van der Waals surface area contributed by atoms with E-state index in [0.717, 1.165) is 6.42 Å². The normalized spacial score (nSPS) is 21.4. The second-order valence-electron chi connectivity index (χ2n) is 5.86. The van der Waals surface area contributed by atoms with E-state index < -0.39 is 0 Å². The molecule has 5 nitrogen and oxygen atoms in total. The summed E-state index contributed by atoms with van der Waals surface area (Å²) in [6, 6.07) is 8.86. The molecular weight excluding hydrogens is 296 g/mol. The highest BCUT2D eigenvalue weighted by Crippen LogP contribution is 2.49. The van der Waals surface area contributed by atoms with Crippen molar-refractivity contribution < 1.29 is 4.79 Å². The molecule has 1 aliphatic carbocycles. The van der Waals surface area contributed by atoms with Crippen molar-refractivity contribution in [3.63, 3.8) is 0 Å². The molecule has 0 spiro atoms. The van der Waals surface area contributed by atoms with E-state index >= 15 is 0 Å². The van der Waals surface area contributed by atoms with E-state index in [4.69, 9.17) is 0 Å². The summed E-state index contributed by atoms with van der Waals surface area (Å²) in [7, 11) is 0. The van der Waals surface area contributed by atoms with Gasteiger partial charge in [-0.05, 0) is 37.7 Å². The third-order valence-corrected chi connectivity index (χ3v) is 4.95. The number of amides is 1. The molecule has 0 radical (unpaired) electrons. The summed E-state index contributed by atoms with van der Waals surface area (Å²) < 4.78 is 0. The molecule has 22 heavy (non-hydrogen) atoms. The maximum absolute atomic E-state index is 12.0. The van der Waals surface area contributed by atoms with Crippen LogP contribution in [0.5, 0.6) is 0 Å². The molecule has 1 aromatic carbocycles. The van der Waals surface area contributed by atoms with Crippen LogP contribution in [-0.2, 0) is 4.79 Å². The Morgan fingerprint density at radius 1 is 1.55 bits per heavy atom. The molecule has 0 aliphatic heterocycles. The Balaban J connectivity index is 1.46. The zero-order valence-electron chi connectivity index (χ0n) is 12.7. The van der Waals surface area contributed by atoms with Crippen molar-refractivity contribution in [2.24, 2.45) is 5.92 Å². The van der Waals surface area contributed by atoms with E-state index in [1.807, 2.05) is 0 Å². The van der Waals surface area contributed by atoms with E-state index in [2.05, 4.69) is 58.6 Å². The van der Waals surface area contributed by atoms with Crippen LogP contribution in [0.25, 0.3) is 0 Å². The molecule has 2 N–H and O–H groups in total. The fourth-order valence-corrected chi connectivity index (χ4v) is 3.44. The van der Waals surface area contributed by atoms with Gasteiger partial charge in [-0.15, -0.1) is 0 Å².